The second-order valence-electron chi connectivity index (χ2n) is 6.46. The van der Waals surface area contributed by atoms with Crippen molar-refractivity contribution in [3.63, 3.8) is 0 Å². The van der Waals surface area contributed by atoms with Crippen molar-refractivity contribution in [3.05, 3.63) is 80.9 Å². The van der Waals surface area contributed by atoms with E-state index in [4.69, 9.17) is 22.4 Å². The third-order valence-electron chi connectivity index (χ3n) is 4.33. The predicted octanol–water partition coefficient (Wildman–Crippen LogP) is 2.05. The Morgan fingerprint density at radius 1 is 1.24 bits per heavy atom. The number of rotatable bonds is 7. The number of hydrogen-bond acceptors (Lipinski definition) is 5. The van der Waals surface area contributed by atoms with Crippen LogP contribution in [-0.2, 0) is 13.1 Å². The summed E-state index contributed by atoms with van der Waals surface area (Å²) in [5, 5.41) is 3.43. The highest BCUT2D eigenvalue weighted by Gasteiger charge is 2.23. The molecule has 152 valence electrons. The fourth-order valence-corrected chi connectivity index (χ4v) is 3.16. The molecule has 0 saturated carbocycles. The first kappa shape index (κ1) is 20.4. The zero-order valence-corrected chi connectivity index (χ0v) is 16.9. The van der Waals surface area contributed by atoms with Gasteiger partial charge in [-0.05, 0) is 36.3 Å². The monoisotopic (exact) mass is 413 g/mol. The van der Waals surface area contributed by atoms with Crippen LogP contribution in [0.2, 0.25) is 0 Å². The number of thiocarbonyl (C=S) groups is 1. The maximum Gasteiger partial charge on any atom is 0.330 e. The van der Waals surface area contributed by atoms with E-state index in [0.29, 0.717) is 17.4 Å². The standard InChI is InChI=1S/C20H23N5O3S/c1-2-10-22-20(29)24(13-15-9-6-11-28-15)16-17(21)25(19(27)23-18(16)26)12-14-7-4-3-5-8-14/h3-9,11H,2,10,12-13,21H2,1H3,(H,22,29)(H,23,26,27). The van der Waals surface area contributed by atoms with Crippen molar-refractivity contribution < 1.29 is 4.42 Å². The molecule has 0 aliphatic heterocycles. The van der Waals surface area contributed by atoms with Crippen LogP contribution in [-0.4, -0.2) is 21.2 Å². The van der Waals surface area contributed by atoms with Crippen LogP contribution in [0.3, 0.4) is 0 Å². The van der Waals surface area contributed by atoms with Crippen molar-refractivity contribution in [1.82, 2.24) is 14.9 Å². The third kappa shape index (κ3) is 4.75. The topological polar surface area (TPSA) is 109 Å². The average molecular weight is 414 g/mol. The Morgan fingerprint density at radius 2 is 2.00 bits per heavy atom. The van der Waals surface area contributed by atoms with E-state index in [2.05, 4.69) is 10.3 Å². The number of furan rings is 1. The molecule has 0 radical (unpaired) electrons. The molecular formula is C20H23N5O3S. The molecule has 0 atom stereocenters. The van der Waals surface area contributed by atoms with E-state index in [0.717, 1.165) is 12.0 Å². The molecule has 3 aromatic rings. The van der Waals surface area contributed by atoms with Crippen LogP contribution in [0.25, 0.3) is 0 Å². The molecule has 3 rings (SSSR count). The van der Waals surface area contributed by atoms with Gasteiger partial charge in [0, 0.05) is 6.54 Å². The fraction of sp³-hybridized carbons (Fsp3) is 0.250. The minimum Gasteiger partial charge on any atom is -0.467 e. The van der Waals surface area contributed by atoms with E-state index >= 15 is 0 Å². The lowest BCUT2D eigenvalue weighted by molar-refractivity contribution is 0.511. The zero-order valence-electron chi connectivity index (χ0n) is 16.1. The van der Waals surface area contributed by atoms with Gasteiger partial charge in [0.15, 0.2) is 10.8 Å². The first-order valence-electron chi connectivity index (χ1n) is 9.25. The van der Waals surface area contributed by atoms with Crippen molar-refractivity contribution in [3.8, 4) is 0 Å². The van der Waals surface area contributed by atoms with Gasteiger partial charge >= 0.3 is 5.69 Å². The van der Waals surface area contributed by atoms with Gasteiger partial charge in [-0.2, -0.15) is 0 Å². The highest BCUT2D eigenvalue weighted by molar-refractivity contribution is 7.80. The molecule has 4 N–H and O–H groups in total. The van der Waals surface area contributed by atoms with Gasteiger partial charge in [-0.25, -0.2) is 4.79 Å². The Labute approximate surface area is 173 Å². The molecule has 0 unspecified atom stereocenters. The summed E-state index contributed by atoms with van der Waals surface area (Å²) in [6, 6.07) is 12.9. The van der Waals surface area contributed by atoms with Crippen molar-refractivity contribution >= 4 is 28.8 Å². The Hall–Kier alpha value is -3.33. The van der Waals surface area contributed by atoms with Gasteiger partial charge in [-0.15, -0.1) is 0 Å². The van der Waals surface area contributed by atoms with Gasteiger partial charge in [0.1, 0.15) is 11.6 Å². The van der Waals surface area contributed by atoms with Gasteiger partial charge < -0.3 is 20.4 Å². The lowest BCUT2D eigenvalue weighted by Gasteiger charge is -2.26. The van der Waals surface area contributed by atoms with Gasteiger partial charge in [0.05, 0.1) is 19.4 Å². The van der Waals surface area contributed by atoms with E-state index in [9.17, 15) is 9.59 Å². The number of benzene rings is 1. The smallest absolute Gasteiger partial charge is 0.330 e. The summed E-state index contributed by atoms with van der Waals surface area (Å²) >= 11 is 5.50. The number of nitrogens with zero attached hydrogens (tertiary/aromatic N) is 2. The van der Waals surface area contributed by atoms with Crippen LogP contribution < -0.4 is 27.2 Å². The maximum atomic E-state index is 12.7. The van der Waals surface area contributed by atoms with Crippen LogP contribution in [0.4, 0.5) is 11.5 Å². The van der Waals surface area contributed by atoms with Gasteiger partial charge in [-0.3, -0.25) is 14.3 Å². The van der Waals surface area contributed by atoms with Gasteiger partial charge in [-0.1, -0.05) is 37.3 Å². The molecule has 1 aromatic carbocycles. The predicted molar refractivity (Wildman–Crippen MR) is 117 cm³/mol. The minimum absolute atomic E-state index is 0.0369. The average Bonchev–Trinajstić information content (AvgIpc) is 3.22. The molecule has 8 nitrogen and oxygen atoms in total. The number of aromatic nitrogens is 2. The number of aromatic amines is 1. The van der Waals surface area contributed by atoms with Gasteiger partial charge in [0.25, 0.3) is 5.56 Å². The highest BCUT2D eigenvalue weighted by atomic mass is 32.1. The molecule has 0 aliphatic carbocycles. The largest absolute Gasteiger partial charge is 0.467 e. The molecule has 9 heteroatoms. The van der Waals surface area contributed by atoms with Crippen molar-refractivity contribution in [2.24, 2.45) is 0 Å². The van der Waals surface area contributed by atoms with Crippen LogP contribution in [0.5, 0.6) is 0 Å². The molecule has 0 bridgehead atoms. The molecular weight excluding hydrogens is 390 g/mol. The Morgan fingerprint density at radius 3 is 2.66 bits per heavy atom. The summed E-state index contributed by atoms with van der Waals surface area (Å²) in [5.74, 6) is 0.639. The van der Waals surface area contributed by atoms with Crippen molar-refractivity contribution in [2.75, 3.05) is 17.2 Å². The van der Waals surface area contributed by atoms with Crippen LogP contribution in [0, 0.1) is 0 Å². The summed E-state index contributed by atoms with van der Waals surface area (Å²) in [5.41, 5.74) is 6.11. The Balaban J connectivity index is 2.06. The summed E-state index contributed by atoms with van der Waals surface area (Å²) in [6.45, 7) is 3.06. The van der Waals surface area contributed by atoms with Crippen LogP contribution in [0.15, 0.2) is 62.7 Å². The van der Waals surface area contributed by atoms with E-state index in [-0.39, 0.29) is 24.6 Å². The van der Waals surface area contributed by atoms with E-state index in [1.807, 2.05) is 37.3 Å². The molecule has 2 heterocycles. The summed E-state index contributed by atoms with van der Waals surface area (Å²) in [4.78, 5) is 29.1. The molecule has 0 saturated heterocycles. The maximum absolute atomic E-state index is 12.7. The summed E-state index contributed by atoms with van der Waals surface area (Å²) in [7, 11) is 0. The Kier molecular flexibility index (Phi) is 6.50. The number of anilines is 2. The highest BCUT2D eigenvalue weighted by Crippen LogP contribution is 2.20. The zero-order chi connectivity index (χ0) is 20.8. The summed E-state index contributed by atoms with van der Waals surface area (Å²) in [6.07, 6.45) is 2.40. The molecule has 29 heavy (non-hydrogen) atoms. The number of H-pyrrole nitrogens is 1. The number of hydrogen-bond donors (Lipinski definition) is 3. The lowest BCUT2D eigenvalue weighted by atomic mass is 10.2. The Bertz CT molecular complexity index is 1070. The SMILES string of the molecule is CCCNC(=S)N(Cc1ccco1)c1c(N)n(Cc2ccccc2)c(=O)[nH]c1=O. The lowest BCUT2D eigenvalue weighted by Crippen LogP contribution is -2.45. The second kappa shape index (κ2) is 9.24. The molecule has 0 amide bonds. The van der Waals surface area contributed by atoms with E-state index in [1.54, 1.807) is 23.3 Å². The first-order valence-corrected chi connectivity index (χ1v) is 9.66. The van der Waals surface area contributed by atoms with Crippen LogP contribution >= 0.6 is 12.2 Å². The number of nitrogen functional groups attached to an aromatic ring is 1. The molecule has 0 aliphatic rings. The molecule has 0 spiro atoms. The van der Waals surface area contributed by atoms with Crippen molar-refractivity contribution in [2.45, 2.75) is 26.4 Å². The van der Waals surface area contributed by atoms with Crippen molar-refractivity contribution in [1.29, 1.82) is 0 Å². The summed E-state index contributed by atoms with van der Waals surface area (Å²) < 4.78 is 6.74. The minimum atomic E-state index is -0.607. The second-order valence-corrected chi connectivity index (χ2v) is 6.85. The quantitative estimate of drug-likeness (QED) is 0.509. The number of nitrogens with one attached hydrogen (secondary N) is 2. The van der Waals surface area contributed by atoms with Gasteiger partial charge in [0.2, 0.25) is 0 Å². The fourth-order valence-electron chi connectivity index (χ4n) is 2.90. The normalized spacial score (nSPS) is 10.7. The van der Waals surface area contributed by atoms with E-state index in [1.165, 1.54) is 4.57 Å². The molecule has 0 fully saturated rings. The first-order chi connectivity index (χ1) is 14.0. The number of nitrogens with two attached hydrogens (primary N) is 1. The third-order valence-corrected chi connectivity index (χ3v) is 4.70. The van der Waals surface area contributed by atoms with Crippen LogP contribution in [0.1, 0.15) is 24.7 Å². The molecule has 2 aromatic heterocycles. The van der Waals surface area contributed by atoms with E-state index < -0.39 is 11.2 Å².